The van der Waals surface area contributed by atoms with Gasteiger partial charge in [-0.2, -0.15) is 13.2 Å². The van der Waals surface area contributed by atoms with Crippen LogP contribution in [-0.2, 0) is 38.6 Å². The maximum atomic E-state index is 13.8. The molecule has 0 heterocycles. The zero-order valence-electron chi connectivity index (χ0n) is 25.5. The van der Waals surface area contributed by atoms with Crippen LogP contribution in [0.25, 0.3) is 0 Å². The number of rotatable bonds is 14. The molecule has 13 heteroatoms. The molecule has 246 valence electrons. The van der Waals surface area contributed by atoms with Crippen molar-refractivity contribution in [2.24, 2.45) is 11.7 Å². The minimum atomic E-state index is -5.20. The number of nitrogens with one attached hydrogen (secondary N) is 3. The van der Waals surface area contributed by atoms with Crippen LogP contribution in [0.3, 0.4) is 0 Å². The second-order valence-electron chi connectivity index (χ2n) is 11.0. The molecule has 0 saturated heterocycles. The monoisotopic (exact) mass is 660 g/mol. The topological polar surface area (TPSA) is 140 Å². The van der Waals surface area contributed by atoms with Gasteiger partial charge in [-0.1, -0.05) is 74.0 Å². The average molecular weight is 661 g/mol. The van der Waals surface area contributed by atoms with Crippen LogP contribution < -0.4 is 26.4 Å². The van der Waals surface area contributed by atoms with Crippen molar-refractivity contribution in [2.75, 3.05) is 7.11 Å². The molecule has 0 unspecified atom stereocenters. The number of ketones is 1. The number of nitrogens with two attached hydrogens (primary N) is 1. The van der Waals surface area contributed by atoms with Crippen molar-refractivity contribution in [1.29, 1.82) is 0 Å². The van der Waals surface area contributed by atoms with Gasteiger partial charge in [0.05, 0.1) is 19.6 Å². The van der Waals surface area contributed by atoms with Gasteiger partial charge in [-0.3, -0.25) is 19.2 Å². The molecule has 0 spiro atoms. The van der Waals surface area contributed by atoms with Crippen molar-refractivity contribution < 1.29 is 37.1 Å². The summed E-state index contributed by atoms with van der Waals surface area (Å²) >= 11 is 6.14. The van der Waals surface area contributed by atoms with E-state index in [4.69, 9.17) is 22.1 Å². The van der Waals surface area contributed by atoms with Gasteiger partial charge in [0.25, 0.3) is 5.78 Å². The first-order valence-electron chi connectivity index (χ1n) is 14.4. The van der Waals surface area contributed by atoms with Gasteiger partial charge in [-0.05, 0) is 52.4 Å². The Kier molecular flexibility index (Phi) is 12.7. The maximum absolute atomic E-state index is 13.8. The van der Waals surface area contributed by atoms with Crippen molar-refractivity contribution in [1.82, 2.24) is 16.0 Å². The molecule has 0 radical (unpaired) electrons. The van der Waals surface area contributed by atoms with Crippen LogP contribution in [0.2, 0.25) is 5.02 Å². The highest BCUT2D eigenvalue weighted by Gasteiger charge is 2.45. The molecule has 3 atom stereocenters. The van der Waals surface area contributed by atoms with Crippen LogP contribution in [0.4, 0.5) is 13.2 Å². The van der Waals surface area contributed by atoms with Crippen molar-refractivity contribution in [2.45, 2.75) is 57.5 Å². The number of carbonyl (C=O) groups is 4. The van der Waals surface area contributed by atoms with Gasteiger partial charge in [-0.25, -0.2) is 0 Å². The number of benzene rings is 3. The summed E-state index contributed by atoms with van der Waals surface area (Å²) in [7, 11) is 1.42. The summed E-state index contributed by atoms with van der Waals surface area (Å²) in [6.45, 7) is 3.05. The average Bonchev–Trinajstić information content (AvgIpc) is 3.01. The molecule has 0 fully saturated rings. The summed E-state index contributed by atoms with van der Waals surface area (Å²) in [6.07, 6.45) is -5.29. The molecular weight excluding hydrogens is 625 g/mol. The highest BCUT2D eigenvalue weighted by molar-refractivity contribution is 6.30. The lowest BCUT2D eigenvalue weighted by Crippen LogP contribution is -2.55. The Bertz CT molecular complexity index is 1510. The maximum Gasteiger partial charge on any atom is 0.452 e. The predicted molar refractivity (Wildman–Crippen MR) is 167 cm³/mol. The largest absolute Gasteiger partial charge is 0.497 e. The minimum Gasteiger partial charge on any atom is -0.497 e. The van der Waals surface area contributed by atoms with Gasteiger partial charge in [0, 0.05) is 18.0 Å². The van der Waals surface area contributed by atoms with Gasteiger partial charge in [0.1, 0.15) is 17.8 Å². The van der Waals surface area contributed by atoms with Crippen LogP contribution >= 0.6 is 11.6 Å². The van der Waals surface area contributed by atoms with Crippen molar-refractivity contribution in [3.8, 4) is 5.75 Å². The molecule has 0 saturated carbocycles. The quantitative estimate of drug-likeness (QED) is 0.204. The fourth-order valence-electron chi connectivity index (χ4n) is 4.62. The summed E-state index contributed by atoms with van der Waals surface area (Å²) in [4.78, 5) is 52.6. The second-order valence-corrected chi connectivity index (χ2v) is 11.4. The molecule has 46 heavy (non-hydrogen) atoms. The van der Waals surface area contributed by atoms with E-state index in [-0.39, 0.29) is 18.4 Å². The molecule has 3 aromatic carbocycles. The van der Waals surface area contributed by atoms with E-state index in [0.717, 1.165) is 5.56 Å². The van der Waals surface area contributed by atoms with E-state index in [1.807, 2.05) is 0 Å². The number of methoxy groups -OCH3 is 1. The Balaban J connectivity index is 1.92. The van der Waals surface area contributed by atoms with Gasteiger partial charge in [0.2, 0.25) is 17.7 Å². The van der Waals surface area contributed by atoms with Gasteiger partial charge in [-0.15, -0.1) is 0 Å². The molecule has 0 aliphatic rings. The number of hydrogen-bond donors (Lipinski definition) is 4. The Morgan fingerprint density at radius 2 is 1.48 bits per heavy atom. The van der Waals surface area contributed by atoms with Gasteiger partial charge < -0.3 is 26.4 Å². The molecule has 3 aromatic rings. The number of amides is 3. The van der Waals surface area contributed by atoms with E-state index in [9.17, 15) is 32.3 Å². The zero-order chi connectivity index (χ0) is 34.0. The Morgan fingerprint density at radius 3 is 2.02 bits per heavy atom. The smallest absolute Gasteiger partial charge is 0.452 e. The third-order valence-corrected chi connectivity index (χ3v) is 7.36. The molecule has 0 bridgehead atoms. The van der Waals surface area contributed by atoms with Crippen LogP contribution in [0.1, 0.15) is 42.1 Å². The lowest BCUT2D eigenvalue weighted by Gasteiger charge is -2.27. The molecular formula is C33H36ClF3N4O5. The summed E-state index contributed by atoms with van der Waals surface area (Å²) in [5.41, 5.74) is 7.98. The first kappa shape index (κ1) is 36.1. The summed E-state index contributed by atoms with van der Waals surface area (Å²) in [5, 5.41) is 7.83. The van der Waals surface area contributed by atoms with Crippen LogP contribution in [0.15, 0.2) is 72.8 Å². The molecule has 0 aromatic heterocycles. The highest BCUT2D eigenvalue weighted by Crippen LogP contribution is 2.23. The van der Waals surface area contributed by atoms with Gasteiger partial charge >= 0.3 is 6.18 Å². The first-order chi connectivity index (χ1) is 21.7. The van der Waals surface area contributed by atoms with E-state index in [0.29, 0.717) is 28.4 Å². The zero-order valence-corrected chi connectivity index (χ0v) is 26.2. The Labute approximate surface area is 270 Å². The van der Waals surface area contributed by atoms with Crippen LogP contribution in [0.5, 0.6) is 5.75 Å². The van der Waals surface area contributed by atoms with E-state index in [1.54, 1.807) is 48.5 Å². The van der Waals surface area contributed by atoms with Crippen LogP contribution in [0, 0.1) is 5.92 Å². The number of hydrogen-bond acceptors (Lipinski definition) is 6. The van der Waals surface area contributed by atoms with Gasteiger partial charge in [0.15, 0.2) is 0 Å². The first-order valence-corrected chi connectivity index (χ1v) is 14.8. The second kappa shape index (κ2) is 16.2. The van der Waals surface area contributed by atoms with Crippen molar-refractivity contribution >= 4 is 35.1 Å². The van der Waals surface area contributed by atoms with Crippen LogP contribution in [-0.4, -0.2) is 48.9 Å². The number of alkyl halides is 3. The lowest BCUT2D eigenvalue weighted by molar-refractivity contribution is -0.175. The molecule has 3 rings (SSSR count). The SMILES string of the molecule is COc1ccc([C@H](NC(=O)[C@H](Cc2cccc(Cl)c2)NC(=O)Cc2ccc(CN)cc2)C(=O)N[C@H](C(=O)C(F)(F)F)C(C)C)cc1. The van der Waals surface area contributed by atoms with Crippen molar-refractivity contribution in [3.05, 3.63) is 100 Å². The summed E-state index contributed by atoms with van der Waals surface area (Å²) in [5.74, 6) is -4.97. The van der Waals surface area contributed by atoms with Crippen molar-refractivity contribution in [3.63, 3.8) is 0 Å². The standard InChI is InChI=1S/C33H36ClF3N4O5/c1-19(2)28(30(43)33(35,36)37)40-32(45)29(23-11-13-25(46-3)14-12-23)41-31(44)26(16-22-5-4-6-24(34)15-22)39-27(42)17-20-7-9-21(18-38)10-8-20/h4-15,19,26,28-29H,16-18,38H2,1-3H3,(H,39,42)(H,40,45)(H,41,44)/t26-,28-,29-/m0/s1. The molecule has 9 nitrogen and oxygen atoms in total. The highest BCUT2D eigenvalue weighted by atomic mass is 35.5. The normalized spacial score (nSPS) is 13.3. The molecule has 3 amide bonds. The number of ether oxygens (including phenoxy) is 1. The van der Waals surface area contributed by atoms with E-state index < -0.39 is 53.7 Å². The molecule has 0 aliphatic heterocycles. The van der Waals surface area contributed by atoms with E-state index in [2.05, 4.69) is 16.0 Å². The fourth-order valence-corrected chi connectivity index (χ4v) is 4.83. The Hall–Kier alpha value is -4.42. The molecule has 5 N–H and O–H groups in total. The Morgan fingerprint density at radius 1 is 0.848 bits per heavy atom. The predicted octanol–water partition coefficient (Wildman–Crippen LogP) is 4.21. The lowest BCUT2D eigenvalue weighted by atomic mass is 9.97. The molecule has 0 aliphatic carbocycles. The minimum absolute atomic E-state index is 0.0254. The number of Topliss-reactive ketones (excluding diaryl/α,β-unsaturated/α-hetero) is 1. The third kappa shape index (κ3) is 10.3. The fraction of sp³-hybridized carbons (Fsp3) is 0.333. The summed E-state index contributed by atoms with van der Waals surface area (Å²) in [6, 6.07) is 14.9. The third-order valence-electron chi connectivity index (χ3n) is 7.13. The number of halogens is 4. The number of carbonyl (C=O) groups excluding carboxylic acids is 4. The van der Waals surface area contributed by atoms with E-state index in [1.165, 1.54) is 45.2 Å². The van der Waals surface area contributed by atoms with E-state index >= 15 is 0 Å². The summed E-state index contributed by atoms with van der Waals surface area (Å²) < 4.78 is 45.2.